The molecule has 5 nitrogen and oxygen atoms in total. The highest BCUT2D eigenvalue weighted by atomic mass is 35.5. The van der Waals surface area contributed by atoms with Crippen LogP contribution >= 0.6 is 11.6 Å². The SMILES string of the molecule is CC1(CNS(=O)(=O)c2ccc(C#N)cc2Cl)CCNCC1. The van der Waals surface area contributed by atoms with E-state index >= 15 is 0 Å². The first-order valence-electron chi connectivity index (χ1n) is 6.76. The maximum absolute atomic E-state index is 12.3. The Labute approximate surface area is 130 Å². The van der Waals surface area contributed by atoms with Gasteiger partial charge in [-0.2, -0.15) is 5.26 Å². The van der Waals surface area contributed by atoms with Gasteiger partial charge < -0.3 is 5.32 Å². The third-order valence-corrected chi connectivity index (χ3v) is 5.73. The molecule has 0 unspecified atom stereocenters. The van der Waals surface area contributed by atoms with E-state index in [4.69, 9.17) is 16.9 Å². The topological polar surface area (TPSA) is 82.0 Å². The molecule has 0 aromatic heterocycles. The minimum absolute atomic E-state index is 0.0145. The normalized spacial score (nSPS) is 18.1. The van der Waals surface area contributed by atoms with E-state index in [9.17, 15) is 8.42 Å². The molecule has 1 heterocycles. The van der Waals surface area contributed by atoms with E-state index < -0.39 is 10.0 Å². The van der Waals surface area contributed by atoms with Crippen LogP contribution < -0.4 is 10.0 Å². The number of hydrogen-bond donors (Lipinski definition) is 2. The van der Waals surface area contributed by atoms with Crippen molar-refractivity contribution in [3.05, 3.63) is 28.8 Å². The maximum atomic E-state index is 12.3. The van der Waals surface area contributed by atoms with Gasteiger partial charge in [-0.15, -0.1) is 0 Å². The number of rotatable bonds is 4. The van der Waals surface area contributed by atoms with E-state index in [1.54, 1.807) is 0 Å². The van der Waals surface area contributed by atoms with Crippen LogP contribution in [0.25, 0.3) is 0 Å². The Balaban J connectivity index is 2.13. The smallest absolute Gasteiger partial charge is 0.242 e. The van der Waals surface area contributed by atoms with Crippen molar-refractivity contribution in [3.8, 4) is 6.07 Å². The number of nitrogens with zero attached hydrogens (tertiary/aromatic N) is 1. The molecule has 21 heavy (non-hydrogen) atoms. The van der Waals surface area contributed by atoms with Crippen LogP contribution in [0.4, 0.5) is 0 Å². The van der Waals surface area contributed by atoms with Crippen LogP contribution in [0.15, 0.2) is 23.1 Å². The van der Waals surface area contributed by atoms with Crippen molar-refractivity contribution in [1.29, 1.82) is 5.26 Å². The van der Waals surface area contributed by atoms with Crippen molar-refractivity contribution in [2.24, 2.45) is 5.41 Å². The number of benzene rings is 1. The molecule has 1 aromatic carbocycles. The largest absolute Gasteiger partial charge is 0.317 e. The summed E-state index contributed by atoms with van der Waals surface area (Å²) in [6.45, 7) is 4.26. The molecular weight excluding hydrogens is 310 g/mol. The molecule has 1 saturated heterocycles. The number of sulfonamides is 1. The highest BCUT2D eigenvalue weighted by Crippen LogP contribution is 2.28. The summed E-state index contributed by atoms with van der Waals surface area (Å²) in [7, 11) is -3.67. The van der Waals surface area contributed by atoms with Crippen LogP contribution in [-0.2, 0) is 10.0 Å². The first kappa shape index (κ1) is 16.2. The van der Waals surface area contributed by atoms with Gasteiger partial charge in [0.15, 0.2) is 0 Å². The number of halogens is 1. The zero-order valence-electron chi connectivity index (χ0n) is 11.8. The lowest BCUT2D eigenvalue weighted by Crippen LogP contribution is -2.42. The number of nitrogens with one attached hydrogen (secondary N) is 2. The summed E-state index contributed by atoms with van der Waals surface area (Å²) in [4.78, 5) is 0.0145. The molecule has 0 atom stereocenters. The van der Waals surface area contributed by atoms with E-state index in [0.717, 1.165) is 25.9 Å². The fraction of sp³-hybridized carbons (Fsp3) is 0.500. The molecule has 114 valence electrons. The van der Waals surface area contributed by atoms with Crippen LogP contribution in [0.2, 0.25) is 5.02 Å². The Morgan fingerprint density at radius 3 is 2.67 bits per heavy atom. The fourth-order valence-corrected chi connectivity index (χ4v) is 4.08. The molecule has 0 bridgehead atoms. The minimum Gasteiger partial charge on any atom is -0.317 e. The zero-order chi connectivity index (χ0) is 15.5. The molecule has 1 aromatic rings. The van der Waals surface area contributed by atoms with Crippen LogP contribution in [0.3, 0.4) is 0 Å². The Hall–Kier alpha value is -1.13. The van der Waals surface area contributed by atoms with Gasteiger partial charge in [-0.05, 0) is 49.5 Å². The first-order valence-corrected chi connectivity index (χ1v) is 8.62. The Kier molecular flexibility index (Phi) is 4.89. The van der Waals surface area contributed by atoms with Crippen LogP contribution in [0.1, 0.15) is 25.3 Å². The molecule has 0 saturated carbocycles. The van der Waals surface area contributed by atoms with Crippen LogP contribution in [0.5, 0.6) is 0 Å². The molecule has 0 radical (unpaired) electrons. The summed E-state index contributed by atoms with van der Waals surface area (Å²) < 4.78 is 27.3. The van der Waals surface area contributed by atoms with Crippen molar-refractivity contribution >= 4 is 21.6 Å². The molecule has 1 fully saturated rings. The molecular formula is C14H18ClN3O2S. The summed E-state index contributed by atoms with van der Waals surface area (Å²) in [5.41, 5.74) is 0.293. The lowest BCUT2D eigenvalue weighted by Gasteiger charge is -2.34. The standard InChI is InChI=1S/C14H18ClN3O2S/c1-14(4-6-17-7-5-14)10-18-21(19,20)13-3-2-11(9-16)8-12(13)15/h2-3,8,17-18H,4-7,10H2,1H3. The molecule has 1 aliphatic rings. The molecule has 2 N–H and O–H groups in total. The molecule has 2 rings (SSSR count). The minimum atomic E-state index is -3.67. The van der Waals surface area contributed by atoms with Crippen molar-refractivity contribution in [2.75, 3.05) is 19.6 Å². The molecule has 1 aliphatic heterocycles. The number of nitriles is 1. The summed E-state index contributed by atoms with van der Waals surface area (Å²) in [5.74, 6) is 0. The Bertz CT molecular complexity index is 661. The fourth-order valence-electron chi connectivity index (χ4n) is 2.34. The molecule has 0 aliphatic carbocycles. The van der Waals surface area contributed by atoms with E-state index in [1.807, 2.05) is 6.07 Å². The highest BCUT2D eigenvalue weighted by Gasteiger charge is 2.29. The first-order chi connectivity index (χ1) is 9.86. The van der Waals surface area contributed by atoms with E-state index in [1.165, 1.54) is 18.2 Å². The summed E-state index contributed by atoms with van der Waals surface area (Å²) in [5, 5.41) is 12.1. The third-order valence-electron chi connectivity index (χ3n) is 3.85. The quantitative estimate of drug-likeness (QED) is 0.884. The van der Waals surface area contributed by atoms with Gasteiger partial charge in [0.25, 0.3) is 0 Å². The van der Waals surface area contributed by atoms with Gasteiger partial charge in [-0.3, -0.25) is 0 Å². The summed E-state index contributed by atoms with van der Waals surface area (Å²) >= 11 is 5.97. The highest BCUT2D eigenvalue weighted by molar-refractivity contribution is 7.89. The number of hydrogen-bond acceptors (Lipinski definition) is 4. The average molecular weight is 328 g/mol. The van der Waals surface area contributed by atoms with Crippen molar-refractivity contribution in [1.82, 2.24) is 10.0 Å². The zero-order valence-corrected chi connectivity index (χ0v) is 13.4. The predicted octanol–water partition coefficient (Wildman–Crippen LogP) is 1.88. The van der Waals surface area contributed by atoms with Gasteiger partial charge in [-0.1, -0.05) is 18.5 Å². The second-order valence-electron chi connectivity index (χ2n) is 5.64. The summed E-state index contributed by atoms with van der Waals surface area (Å²) in [6.07, 6.45) is 1.85. The lowest BCUT2D eigenvalue weighted by molar-refractivity contribution is 0.232. The average Bonchev–Trinajstić information content (AvgIpc) is 2.46. The molecule has 0 spiro atoms. The van der Waals surface area contributed by atoms with E-state index in [-0.39, 0.29) is 15.3 Å². The van der Waals surface area contributed by atoms with Crippen LogP contribution in [0, 0.1) is 16.7 Å². The molecule has 7 heteroatoms. The second-order valence-corrected chi connectivity index (χ2v) is 7.78. The van der Waals surface area contributed by atoms with Gasteiger partial charge in [0.1, 0.15) is 4.90 Å². The van der Waals surface area contributed by atoms with E-state index in [2.05, 4.69) is 17.0 Å². The monoisotopic (exact) mass is 327 g/mol. The van der Waals surface area contributed by atoms with Crippen LogP contribution in [-0.4, -0.2) is 28.1 Å². The summed E-state index contributed by atoms with van der Waals surface area (Å²) in [6, 6.07) is 6.11. The second kappa shape index (κ2) is 6.32. The molecule has 0 amide bonds. The van der Waals surface area contributed by atoms with Crippen molar-refractivity contribution < 1.29 is 8.42 Å². The third kappa shape index (κ3) is 3.95. The van der Waals surface area contributed by atoms with Gasteiger partial charge in [0.2, 0.25) is 10.0 Å². The van der Waals surface area contributed by atoms with Gasteiger partial charge >= 0.3 is 0 Å². The Morgan fingerprint density at radius 2 is 2.10 bits per heavy atom. The van der Waals surface area contributed by atoms with Crippen molar-refractivity contribution in [3.63, 3.8) is 0 Å². The predicted molar refractivity (Wildman–Crippen MR) is 81.6 cm³/mol. The van der Waals surface area contributed by atoms with E-state index in [0.29, 0.717) is 12.1 Å². The number of piperidine rings is 1. The Morgan fingerprint density at radius 1 is 1.43 bits per heavy atom. The van der Waals surface area contributed by atoms with Gasteiger partial charge in [0, 0.05) is 6.54 Å². The maximum Gasteiger partial charge on any atom is 0.242 e. The van der Waals surface area contributed by atoms with Crippen molar-refractivity contribution in [2.45, 2.75) is 24.7 Å². The van der Waals surface area contributed by atoms with Gasteiger partial charge in [0.05, 0.1) is 16.7 Å². The van der Waals surface area contributed by atoms with Gasteiger partial charge in [-0.25, -0.2) is 13.1 Å². The lowest BCUT2D eigenvalue weighted by atomic mass is 9.81.